The Balaban J connectivity index is 2.04. The highest BCUT2D eigenvalue weighted by Gasteiger charge is 2.22. The van der Waals surface area contributed by atoms with E-state index in [0.717, 1.165) is 9.86 Å². The molecule has 7 nitrogen and oxygen atoms in total. The lowest BCUT2D eigenvalue weighted by molar-refractivity contribution is 0.0601. The van der Waals surface area contributed by atoms with Crippen LogP contribution in [0.2, 0.25) is 0 Å². The van der Waals surface area contributed by atoms with Gasteiger partial charge in [0.1, 0.15) is 5.69 Å². The van der Waals surface area contributed by atoms with Crippen molar-refractivity contribution in [3.05, 3.63) is 51.3 Å². The standard InChI is InChI=1S/C18H12BrN3O4/c1-26-18(24)8-5-6-12-10(7-8)15(22-25)16(20-12)13-9-3-2-4-11(19)14(9)21-17(13)23/h2-7,20-21,23H,1H3. The van der Waals surface area contributed by atoms with Crippen molar-refractivity contribution in [1.29, 1.82) is 0 Å². The molecule has 130 valence electrons. The van der Waals surface area contributed by atoms with Gasteiger partial charge in [-0.25, -0.2) is 4.79 Å². The number of aromatic hydroxyl groups is 1. The normalized spacial score (nSPS) is 11.2. The minimum absolute atomic E-state index is 0.0865. The highest BCUT2D eigenvalue weighted by Crippen LogP contribution is 2.45. The smallest absolute Gasteiger partial charge is 0.337 e. The van der Waals surface area contributed by atoms with Crippen LogP contribution in [0.5, 0.6) is 5.88 Å². The number of benzene rings is 2. The lowest BCUT2D eigenvalue weighted by Crippen LogP contribution is -2.00. The number of hydrogen-bond donors (Lipinski definition) is 3. The molecule has 0 fully saturated rings. The zero-order chi connectivity index (χ0) is 18.4. The molecule has 0 radical (unpaired) electrons. The zero-order valence-corrected chi connectivity index (χ0v) is 15.0. The van der Waals surface area contributed by atoms with Crippen molar-refractivity contribution < 1.29 is 14.6 Å². The number of nitrogens with zero attached hydrogens (tertiary/aromatic N) is 1. The van der Waals surface area contributed by atoms with Gasteiger partial charge in [0.05, 0.1) is 29.4 Å². The van der Waals surface area contributed by atoms with Gasteiger partial charge < -0.3 is 19.8 Å². The van der Waals surface area contributed by atoms with Gasteiger partial charge in [-0.2, -0.15) is 0 Å². The number of H-pyrrole nitrogens is 2. The van der Waals surface area contributed by atoms with Crippen molar-refractivity contribution in [2.24, 2.45) is 5.18 Å². The van der Waals surface area contributed by atoms with Gasteiger partial charge >= 0.3 is 5.97 Å². The topological polar surface area (TPSA) is 108 Å². The van der Waals surface area contributed by atoms with Crippen LogP contribution in [0.25, 0.3) is 33.1 Å². The second-order valence-corrected chi connectivity index (χ2v) is 6.56. The highest BCUT2D eigenvalue weighted by atomic mass is 79.9. The van der Waals surface area contributed by atoms with Gasteiger partial charge in [0.25, 0.3) is 0 Å². The number of carbonyl (C=O) groups is 1. The van der Waals surface area contributed by atoms with Gasteiger partial charge in [-0.1, -0.05) is 12.1 Å². The minimum atomic E-state index is -0.509. The number of rotatable bonds is 3. The van der Waals surface area contributed by atoms with Crippen LogP contribution in [0, 0.1) is 4.91 Å². The van der Waals surface area contributed by atoms with E-state index >= 15 is 0 Å². The third-order valence-electron chi connectivity index (χ3n) is 4.30. The van der Waals surface area contributed by atoms with Gasteiger partial charge in [0.15, 0.2) is 5.88 Å². The summed E-state index contributed by atoms with van der Waals surface area (Å²) >= 11 is 3.43. The molecule has 2 aromatic carbocycles. The highest BCUT2D eigenvalue weighted by molar-refractivity contribution is 9.10. The van der Waals surface area contributed by atoms with Crippen LogP contribution < -0.4 is 0 Å². The molecule has 0 saturated carbocycles. The maximum absolute atomic E-state index is 11.8. The van der Waals surface area contributed by atoms with Crippen molar-refractivity contribution in [2.75, 3.05) is 7.11 Å². The molecule has 4 rings (SSSR count). The fourth-order valence-electron chi connectivity index (χ4n) is 3.12. The van der Waals surface area contributed by atoms with E-state index in [4.69, 9.17) is 4.74 Å². The number of para-hydroxylation sites is 1. The summed E-state index contributed by atoms with van der Waals surface area (Å²) in [4.78, 5) is 29.4. The summed E-state index contributed by atoms with van der Waals surface area (Å²) < 4.78 is 5.50. The molecule has 0 aliphatic carbocycles. The predicted octanol–water partition coefficient (Wildman–Crippen LogP) is 4.97. The Kier molecular flexibility index (Phi) is 3.77. The predicted molar refractivity (Wildman–Crippen MR) is 102 cm³/mol. The average Bonchev–Trinajstić information content (AvgIpc) is 3.17. The van der Waals surface area contributed by atoms with E-state index in [1.54, 1.807) is 18.2 Å². The number of aromatic amines is 2. The lowest BCUT2D eigenvalue weighted by Gasteiger charge is -1.99. The molecule has 0 aliphatic heterocycles. The second-order valence-electron chi connectivity index (χ2n) is 5.70. The monoisotopic (exact) mass is 413 g/mol. The number of aromatic nitrogens is 2. The van der Waals surface area contributed by atoms with Crippen LogP contribution in [0.4, 0.5) is 5.69 Å². The molecule has 0 bridgehead atoms. The quantitative estimate of drug-likeness (QED) is 0.325. The number of ether oxygens (including phenoxy) is 1. The summed E-state index contributed by atoms with van der Waals surface area (Å²) in [5.74, 6) is -0.595. The molecule has 0 atom stereocenters. The summed E-state index contributed by atoms with van der Waals surface area (Å²) in [7, 11) is 1.29. The zero-order valence-electron chi connectivity index (χ0n) is 13.5. The number of halogens is 1. The SMILES string of the molecule is COC(=O)c1ccc2[nH]c(-c3c(O)[nH]c4c(Br)cccc34)c(N=O)c2c1. The van der Waals surface area contributed by atoms with Crippen LogP contribution >= 0.6 is 15.9 Å². The maximum Gasteiger partial charge on any atom is 0.337 e. The third kappa shape index (κ3) is 2.30. The molecule has 26 heavy (non-hydrogen) atoms. The number of methoxy groups -OCH3 is 1. The van der Waals surface area contributed by atoms with Gasteiger partial charge in [0.2, 0.25) is 0 Å². The van der Waals surface area contributed by atoms with Gasteiger partial charge in [-0.15, -0.1) is 4.91 Å². The molecule has 0 saturated heterocycles. The number of hydrogen-bond acceptors (Lipinski definition) is 5. The molecule has 0 amide bonds. The fraction of sp³-hybridized carbons (Fsp3) is 0.0556. The summed E-state index contributed by atoms with van der Waals surface area (Å²) in [5.41, 5.74) is 2.55. The Labute approximate surface area is 155 Å². The van der Waals surface area contributed by atoms with Crippen molar-refractivity contribution in [3.8, 4) is 17.1 Å². The van der Waals surface area contributed by atoms with Crippen LogP contribution in [0.15, 0.2) is 46.0 Å². The van der Waals surface area contributed by atoms with E-state index in [0.29, 0.717) is 33.2 Å². The van der Waals surface area contributed by atoms with E-state index in [1.165, 1.54) is 7.11 Å². The number of nitroso groups, excluding NO2 is 1. The third-order valence-corrected chi connectivity index (χ3v) is 4.96. The molecule has 2 aromatic heterocycles. The first-order valence-electron chi connectivity index (χ1n) is 7.62. The van der Waals surface area contributed by atoms with Crippen molar-refractivity contribution in [1.82, 2.24) is 9.97 Å². The summed E-state index contributed by atoms with van der Waals surface area (Å²) in [6.07, 6.45) is 0. The molecule has 0 aliphatic rings. The maximum atomic E-state index is 11.8. The summed E-state index contributed by atoms with van der Waals surface area (Å²) in [6, 6.07) is 10.3. The van der Waals surface area contributed by atoms with Crippen molar-refractivity contribution in [2.45, 2.75) is 0 Å². The van der Waals surface area contributed by atoms with Crippen molar-refractivity contribution in [3.63, 3.8) is 0 Å². The van der Waals surface area contributed by atoms with E-state index in [2.05, 4.69) is 31.1 Å². The van der Waals surface area contributed by atoms with Crippen LogP contribution in [0.1, 0.15) is 10.4 Å². The Morgan fingerprint density at radius 2 is 2.00 bits per heavy atom. The molecule has 0 unspecified atom stereocenters. The number of fused-ring (bicyclic) bond motifs is 2. The van der Waals surface area contributed by atoms with Gasteiger partial charge in [0, 0.05) is 20.8 Å². The lowest BCUT2D eigenvalue weighted by atomic mass is 10.1. The van der Waals surface area contributed by atoms with E-state index in [-0.39, 0.29) is 11.6 Å². The first-order chi connectivity index (χ1) is 12.5. The van der Waals surface area contributed by atoms with E-state index < -0.39 is 5.97 Å². The largest absolute Gasteiger partial charge is 0.494 e. The van der Waals surface area contributed by atoms with Gasteiger partial charge in [-0.05, 0) is 45.4 Å². The average molecular weight is 414 g/mol. The Hall–Kier alpha value is -3.13. The fourth-order valence-corrected chi connectivity index (χ4v) is 3.58. The van der Waals surface area contributed by atoms with Crippen LogP contribution in [-0.4, -0.2) is 28.2 Å². The molecule has 2 heterocycles. The first kappa shape index (κ1) is 16.3. The van der Waals surface area contributed by atoms with Crippen molar-refractivity contribution >= 4 is 49.4 Å². The Bertz CT molecular complexity index is 1190. The molecule has 8 heteroatoms. The second kappa shape index (κ2) is 5.99. The first-order valence-corrected chi connectivity index (χ1v) is 8.41. The van der Waals surface area contributed by atoms with Gasteiger partial charge in [-0.3, -0.25) is 0 Å². The Morgan fingerprint density at radius 3 is 2.73 bits per heavy atom. The molecule has 4 aromatic rings. The van der Waals surface area contributed by atoms with E-state index in [9.17, 15) is 14.8 Å². The Morgan fingerprint density at radius 1 is 1.19 bits per heavy atom. The number of nitrogens with one attached hydrogen (secondary N) is 2. The molecular weight excluding hydrogens is 402 g/mol. The number of carbonyl (C=O) groups excluding carboxylic acids is 1. The molecule has 3 N–H and O–H groups in total. The number of esters is 1. The summed E-state index contributed by atoms with van der Waals surface area (Å²) in [6.45, 7) is 0. The van der Waals surface area contributed by atoms with Crippen LogP contribution in [-0.2, 0) is 4.74 Å². The van der Waals surface area contributed by atoms with Crippen LogP contribution in [0.3, 0.4) is 0 Å². The van der Waals surface area contributed by atoms with E-state index in [1.807, 2.05) is 18.2 Å². The molecule has 0 spiro atoms. The summed E-state index contributed by atoms with van der Waals surface area (Å²) in [5, 5.41) is 14.8. The minimum Gasteiger partial charge on any atom is -0.494 e. The molecular formula is C18H12BrN3O4.